The van der Waals surface area contributed by atoms with Crippen molar-refractivity contribution >= 4 is 29.1 Å². The number of rotatable bonds is 3. The fourth-order valence-corrected chi connectivity index (χ4v) is 3.08. The molecular weight excluding hydrogens is 295 g/mol. The third kappa shape index (κ3) is 3.46. The summed E-state index contributed by atoms with van der Waals surface area (Å²) in [6, 6.07) is 5.52. The molecular formula is C15H20Cl2N2O. The second-order valence-corrected chi connectivity index (χ2v) is 6.29. The molecule has 1 aromatic rings. The van der Waals surface area contributed by atoms with Gasteiger partial charge in [-0.15, -0.1) is 0 Å². The van der Waals surface area contributed by atoms with Crippen LogP contribution < -0.4 is 5.32 Å². The molecule has 1 heterocycles. The van der Waals surface area contributed by atoms with Gasteiger partial charge in [0.2, 0.25) is 5.91 Å². The van der Waals surface area contributed by atoms with Gasteiger partial charge in [0.25, 0.3) is 0 Å². The van der Waals surface area contributed by atoms with Crippen molar-refractivity contribution in [2.24, 2.45) is 5.92 Å². The van der Waals surface area contributed by atoms with Gasteiger partial charge >= 0.3 is 0 Å². The fraction of sp³-hybridized carbons (Fsp3) is 0.533. The second-order valence-electron chi connectivity index (χ2n) is 5.47. The lowest BCUT2D eigenvalue weighted by molar-refractivity contribution is -0.131. The molecule has 0 aliphatic carbocycles. The minimum atomic E-state index is -0.137. The van der Waals surface area contributed by atoms with Crippen LogP contribution in [-0.4, -0.2) is 38.0 Å². The first-order chi connectivity index (χ1) is 9.50. The zero-order valence-electron chi connectivity index (χ0n) is 11.8. The average molecular weight is 315 g/mol. The first-order valence-corrected chi connectivity index (χ1v) is 7.63. The van der Waals surface area contributed by atoms with Gasteiger partial charge < -0.3 is 10.2 Å². The van der Waals surface area contributed by atoms with E-state index in [9.17, 15) is 4.79 Å². The van der Waals surface area contributed by atoms with Crippen LogP contribution in [0.15, 0.2) is 18.2 Å². The van der Waals surface area contributed by atoms with Crippen molar-refractivity contribution in [3.05, 3.63) is 33.8 Å². The molecule has 0 aromatic heterocycles. The van der Waals surface area contributed by atoms with Crippen molar-refractivity contribution in [3.8, 4) is 0 Å². The van der Waals surface area contributed by atoms with E-state index in [-0.39, 0.29) is 11.8 Å². The highest BCUT2D eigenvalue weighted by molar-refractivity contribution is 6.42. The molecule has 3 nitrogen and oxygen atoms in total. The molecule has 0 radical (unpaired) electrons. The number of nitrogens with zero attached hydrogens (tertiary/aromatic N) is 1. The molecule has 1 aliphatic rings. The van der Waals surface area contributed by atoms with E-state index < -0.39 is 0 Å². The third-order valence-electron chi connectivity index (χ3n) is 3.86. The Morgan fingerprint density at radius 2 is 1.90 bits per heavy atom. The van der Waals surface area contributed by atoms with E-state index in [1.807, 2.05) is 12.1 Å². The lowest BCUT2D eigenvalue weighted by Crippen LogP contribution is -2.38. The molecule has 1 amide bonds. The van der Waals surface area contributed by atoms with E-state index in [0.29, 0.717) is 16.0 Å². The highest BCUT2D eigenvalue weighted by atomic mass is 35.5. The standard InChI is InChI=1S/C15H20Cl2N2O/c1-19(2)15(20)14(10-5-7-18-8-6-10)11-3-4-12(16)13(17)9-11/h3-4,9-10,14,18H,5-8H2,1-2H3. The van der Waals surface area contributed by atoms with Crippen molar-refractivity contribution in [1.29, 1.82) is 0 Å². The summed E-state index contributed by atoms with van der Waals surface area (Å²) in [5, 5.41) is 4.37. The molecule has 0 bridgehead atoms. The summed E-state index contributed by atoms with van der Waals surface area (Å²) in [7, 11) is 3.60. The fourth-order valence-electron chi connectivity index (χ4n) is 2.78. The Hall–Kier alpha value is -0.770. The largest absolute Gasteiger partial charge is 0.348 e. The molecule has 110 valence electrons. The predicted octanol–water partition coefficient (Wildman–Crippen LogP) is 3.16. The molecule has 1 aromatic carbocycles. The number of benzene rings is 1. The number of likely N-dealkylation sites (N-methyl/N-ethyl adjacent to an activating group) is 1. The molecule has 1 N–H and O–H groups in total. The quantitative estimate of drug-likeness (QED) is 0.929. The normalized spacial score (nSPS) is 17.8. The smallest absolute Gasteiger partial charge is 0.229 e. The molecule has 1 fully saturated rings. The van der Waals surface area contributed by atoms with Gasteiger partial charge in [0.1, 0.15) is 0 Å². The molecule has 1 saturated heterocycles. The highest BCUT2D eigenvalue weighted by Crippen LogP contribution is 2.35. The van der Waals surface area contributed by atoms with Gasteiger partial charge in [-0.2, -0.15) is 0 Å². The van der Waals surface area contributed by atoms with Crippen LogP contribution in [0.5, 0.6) is 0 Å². The van der Waals surface area contributed by atoms with E-state index >= 15 is 0 Å². The zero-order valence-corrected chi connectivity index (χ0v) is 13.3. The Labute approximate surface area is 130 Å². The SMILES string of the molecule is CN(C)C(=O)C(c1ccc(Cl)c(Cl)c1)C1CCNCC1. The highest BCUT2D eigenvalue weighted by Gasteiger charge is 2.32. The summed E-state index contributed by atoms with van der Waals surface area (Å²) in [4.78, 5) is 14.2. The maximum atomic E-state index is 12.6. The lowest BCUT2D eigenvalue weighted by atomic mass is 9.79. The maximum absolute atomic E-state index is 12.6. The molecule has 20 heavy (non-hydrogen) atoms. The Morgan fingerprint density at radius 3 is 2.45 bits per heavy atom. The number of hydrogen-bond donors (Lipinski definition) is 1. The number of piperidine rings is 1. The van der Waals surface area contributed by atoms with Gasteiger partial charge in [-0.05, 0) is 49.5 Å². The van der Waals surface area contributed by atoms with Crippen molar-refractivity contribution in [2.75, 3.05) is 27.2 Å². The van der Waals surface area contributed by atoms with Gasteiger partial charge in [-0.1, -0.05) is 29.3 Å². The van der Waals surface area contributed by atoms with E-state index in [1.54, 1.807) is 25.1 Å². The molecule has 1 atom stereocenters. The molecule has 1 aliphatic heterocycles. The second kappa shape index (κ2) is 6.79. The Morgan fingerprint density at radius 1 is 1.25 bits per heavy atom. The van der Waals surface area contributed by atoms with Gasteiger partial charge in [-0.25, -0.2) is 0 Å². The van der Waals surface area contributed by atoms with Gasteiger partial charge in [-0.3, -0.25) is 4.79 Å². The number of carbonyl (C=O) groups is 1. The summed E-state index contributed by atoms with van der Waals surface area (Å²) < 4.78 is 0. The first-order valence-electron chi connectivity index (χ1n) is 6.87. The molecule has 2 rings (SSSR count). The van der Waals surface area contributed by atoms with E-state index in [1.165, 1.54) is 0 Å². The Kier molecular flexibility index (Phi) is 5.30. The van der Waals surface area contributed by atoms with Crippen molar-refractivity contribution in [3.63, 3.8) is 0 Å². The van der Waals surface area contributed by atoms with Crippen LogP contribution in [0.2, 0.25) is 10.0 Å². The van der Waals surface area contributed by atoms with Gasteiger partial charge in [0, 0.05) is 14.1 Å². The molecule has 0 spiro atoms. The van der Waals surface area contributed by atoms with Crippen LogP contribution in [0.4, 0.5) is 0 Å². The van der Waals surface area contributed by atoms with Crippen LogP contribution in [0.1, 0.15) is 24.3 Å². The third-order valence-corrected chi connectivity index (χ3v) is 4.60. The van der Waals surface area contributed by atoms with Crippen LogP contribution in [0, 0.1) is 5.92 Å². The summed E-state index contributed by atoms with van der Waals surface area (Å²) >= 11 is 12.1. The van der Waals surface area contributed by atoms with Crippen LogP contribution >= 0.6 is 23.2 Å². The van der Waals surface area contributed by atoms with Gasteiger partial charge in [0.15, 0.2) is 0 Å². The summed E-state index contributed by atoms with van der Waals surface area (Å²) in [5.74, 6) is 0.348. The maximum Gasteiger partial charge on any atom is 0.229 e. The minimum Gasteiger partial charge on any atom is -0.348 e. The Balaban J connectivity index is 2.34. The van der Waals surface area contributed by atoms with Crippen LogP contribution in [0.3, 0.4) is 0 Å². The zero-order chi connectivity index (χ0) is 14.7. The summed E-state index contributed by atoms with van der Waals surface area (Å²) in [5.41, 5.74) is 0.963. The van der Waals surface area contributed by atoms with Crippen molar-refractivity contribution < 1.29 is 4.79 Å². The molecule has 5 heteroatoms. The average Bonchev–Trinajstić information content (AvgIpc) is 2.44. The number of amides is 1. The molecule has 1 unspecified atom stereocenters. The monoisotopic (exact) mass is 314 g/mol. The van der Waals surface area contributed by atoms with E-state index in [0.717, 1.165) is 31.5 Å². The summed E-state index contributed by atoms with van der Waals surface area (Å²) in [6.07, 6.45) is 2.01. The van der Waals surface area contributed by atoms with Gasteiger partial charge in [0.05, 0.1) is 16.0 Å². The van der Waals surface area contributed by atoms with E-state index in [2.05, 4.69) is 5.32 Å². The number of carbonyl (C=O) groups excluding carboxylic acids is 1. The number of hydrogen-bond acceptors (Lipinski definition) is 2. The topological polar surface area (TPSA) is 32.3 Å². The van der Waals surface area contributed by atoms with Crippen LogP contribution in [0.25, 0.3) is 0 Å². The number of nitrogens with one attached hydrogen (secondary N) is 1. The lowest BCUT2D eigenvalue weighted by Gasteiger charge is -2.32. The molecule has 0 saturated carbocycles. The minimum absolute atomic E-state index is 0.135. The van der Waals surface area contributed by atoms with E-state index in [4.69, 9.17) is 23.2 Å². The Bertz CT molecular complexity index is 485. The predicted molar refractivity (Wildman–Crippen MR) is 83.5 cm³/mol. The van der Waals surface area contributed by atoms with Crippen molar-refractivity contribution in [2.45, 2.75) is 18.8 Å². The first kappa shape index (κ1) is 15.6. The summed E-state index contributed by atoms with van der Waals surface area (Å²) in [6.45, 7) is 1.92. The number of halogens is 2. The van der Waals surface area contributed by atoms with Crippen molar-refractivity contribution in [1.82, 2.24) is 10.2 Å². The van der Waals surface area contributed by atoms with Crippen LogP contribution in [-0.2, 0) is 4.79 Å².